The number of benzene rings is 1. The van der Waals surface area contributed by atoms with Crippen LogP contribution in [-0.2, 0) is 11.2 Å². The topological polar surface area (TPSA) is 26.3 Å². The van der Waals surface area contributed by atoms with Gasteiger partial charge in [-0.15, -0.1) is 0 Å². The monoisotopic (exact) mass is 218 g/mol. The van der Waals surface area contributed by atoms with Crippen molar-refractivity contribution in [2.45, 2.75) is 45.6 Å². The van der Waals surface area contributed by atoms with E-state index in [1.165, 1.54) is 0 Å². The summed E-state index contributed by atoms with van der Waals surface area (Å²) in [7, 11) is 0. The summed E-state index contributed by atoms with van der Waals surface area (Å²) in [6, 6.07) is 5.99. The van der Waals surface area contributed by atoms with Crippen molar-refractivity contribution in [1.29, 1.82) is 0 Å². The van der Waals surface area contributed by atoms with Gasteiger partial charge in [-0.1, -0.05) is 6.07 Å². The first kappa shape index (κ1) is 11.2. The van der Waals surface area contributed by atoms with Crippen molar-refractivity contribution in [3.8, 4) is 5.75 Å². The Morgan fingerprint density at radius 2 is 2.12 bits per heavy atom. The maximum absolute atomic E-state index is 11.1. The SMILES string of the molecule is CC(=O)Cc1ccc(OC2(C)CC2)cc1C. The number of hydrogen-bond acceptors (Lipinski definition) is 2. The van der Waals surface area contributed by atoms with Gasteiger partial charge in [-0.05, 0) is 56.9 Å². The van der Waals surface area contributed by atoms with E-state index in [4.69, 9.17) is 4.74 Å². The molecular formula is C14H18O2. The van der Waals surface area contributed by atoms with Gasteiger partial charge in [0.2, 0.25) is 0 Å². The van der Waals surface area contributed by atoms with Gasteiger partial charge in [-0.2, -0.15) is 0 Å². The Kier molecular flexibility index (Phi) is 2.75. The second kappa shape index (κ2) is 3.93. The summed E-state index contributed by atoms with van der Waals surface area (Å²) in [4.78, 5) is 11.1. The highest BCUT2D eigenvalue weighted by molar-refractivity contribution is 5.78. The van der Waals surface area contributed by atoms with Gasteiger partial charge < -0.3 is 4.74 Å². The van der Waals surface area contributed by atoms with E-state index in [1.54, 1.807) is 6.92 Å². The van der Waals surface area contributed by atoms with Crippen molar-refractivity contribution in [1.82, 2.24) is 0 Å². The molecule has 16 heavy (non-hydrogen) atoms. The highest BCUT2D eigenvalue weighted by Gasteiger charge is 2.40. The second-order valence-electron chi connectivity index (χ2n) is 5.02. The molecule has 0 radical (unpaired) electrons. The number of aryl methyl sites for hydroxylation is 1. The molecule has 1 saturated carbocycles. The molecule has 2 heteroatoms. The van der Waals surface area contributed by atoms with Gasteiger partial charge >= 0.3 is 0 Å². The predicted molar refractivity (Wildman–Crippen MR) is 63.8 cm³/mol. The number of Topliss-reactive ketones (excluding diaryl/α,β-unsaturated/α-hetero) is 1. The van der Waals surface area contributed by atoms with E-state index in [2.05, 4.69) is 6.92 Å². The van der Waals surface area contributed by atoms with E-state index < -0.39 is 0 Å². The molecule has 2 rings (SSSR count). The van der Waals surface area contributed by atoms with Crippen LogP contribution in [0.1, 0.15) is 37.8 Å². The molecule has 0 spiro atoms. The van der Waals surface area contributed by atoms with Gasteiger partial charge in [0.1, 0.15) is 17.1 Å². The van der Waals surface area contributed by atoms with Gasteiger partial charge in [0.15, 0.2) is 0 Å². The summed E-state index contributed by atoms with van der Waals surface area (Å²) in [5.74, 6) is 1.12. The van der Waals surface area contributed by atoms with E-state index in [0.717, 1.165) is 29.7 Å². The van der Waals surface area contributed by atoms with Crippen molar-refractivity contribution in [3.05, 3.63) is 29.3 Å². The van der Waals surface area contributed by atoms with E-state index in [1.807, 2.05) is 25.1 Å². The number of ketones is 1. The average molecular weight is 218 g/mol. The minimum absolute atomic E-state index is 0.0640. The van der Waals surface area contributed by atoms with Crippen LogP contribution in [-0.4, -0.2) is 11.4 Å². The molecule has 0 N–H and O–H groups in total. The van der Waals surface area contributed by atoms with Crippen LogP contribution in [0.5, 0.6) is 5.75 Å². The molecule has 2 nitrogen and oxygen atoms in total. The fourth-order valence-corrected chi connectivity index (χ4v) is 1.76. The third-order valence-electron chi connectivity index (χ3n) is 3.07. The van der Waals surface area contributed by atoms with Gasteiger partial charge in [-0.25, -0.2) is 0 Å². The zero-order chi connectivity index (χ0) is 11.8. The smallest absolute Gasteiger partial charge is 0.134 e. The van der Waals surface area contributed by atoms with E-state index in [9.17, 15) is 4.79 Å². The Morgan fingerprint density at radius 1 is 1.44 bits per heavy atom. The van der Waals surface area contributed by atoms with Crippen molar-refractivity contribution in [2.75, 3.05) is 0 Å². The lowest BCUT2D eigenvalue weighted by atomic mass is 10.0. The lowest BCUT2D eigenvalue weighted by Crippen LogP contribution is -2.12. The van der Waals surface area contributed by atoms with Crippen LogP contribution in [0, 0.1) is 6.92 Å². The zero-order valence-electron chi connectivity index (χ0n) is 10.2. The summed E-state index contributed by atoms with van der Waals surface area (Å²) >= 11 is 0. The number of carbonyl (C=O) groups excluding carboxylic acids is 1. The van der Waals surface area contributed by atoms with Crippen LogP contribution < -0.4 is 4.74 Å². The number of hydrogen-bond donors (Lipinski definition) is 0. The molecule has 0 atom stereocenters. The minimum Gasteiger partial charge on any atom is -0.488 e. The average Bonchev–Trinajstić information content (AvgIpc) is 2.88. The fraction of sp³-hybridized carbons (Fsp3) is 0.500. The maximum atomic E-state index is 11.1. The molecule has 0 saturated heterocycles. The third-order valence-corrected chi connectivity index (χ3v) is 3.07. The first-order valence-corrected chi connectivity index (χ1v) is 5.76. The Balaban J connectivity index is 2.12. The van der Waals surface area contributed by atoms with Crippen LogP contribution in [0.2, 0.25) is 0 Å². The Labute approximate surface area is 96.6 Å². The maximum Gasteiger partial charge on any atom is 0.134 e. The van der Waals surface area contributed by atoms with Crippen molar-refractivity contribution in [2.24, 2.45) is 0 Å². The molecule has 1 fully saturated rings. The fourth-order valence-electron chi connectivity index (χ4n) is 1.76. The molecule has 1 aliphatic rings. The van der Waals surface area contributed by atoms with Crippen LogP contribution in [0.25, 0.3) is 0 Å². The Bertz CT molecular complexity index is 417. The largest absolute Gasteiger partial charge is 0.488 e. The summed E-state index contributed by atoms with van der Waals surface area (Å²) < 4.78 is 5.87. The van der Waals surface area contributed by atoms with Gasteiger partial charge in [0.25, 0.3) is 0 Å². The third kappa shape index (κ3) is 2.63. The Hall–Kier alpha value is -1.31. The highest BCUT2D eigenvalue weighted by atomic mass is 16.5. The lowest BCUT2D eigenvalue weighted by Gasteiger charge is -2.14. The van der Waals surface area contributed by atoms with Crippen LogP contribution in [0.3, 0.4) is 0 Å². The molecule has 0 aliphatic heterocycles. The number of carbonyl (C=O) groups is 1. The lowest BCUT2D eigenvalue weighted by molar-refractivity contribution is -0.116. The first-order chi connectivity index (χ1) is 7.48. The summed E-state index contributed by atoms with van der Waals surface area (Å²) in [5.41, 5.74) is 2.30. The number of ether oxygens (including phenoxy) is 1. The summed E-state index contributed by atoms with van der Waals surface area (Å²) in [6.45, 7) is 5.78. The first-order valence-electron chi connectivity index (χ1n) is 5.76. The molecule has 0 aromatic heterocycles. The molecule has 0 bridgehead atoms. The summed E-state index contributed by atoms with van der Waals surface area (Å²) in [6.07, 6.45) is 2.80. The standard InChI is InChI=1S/C14H18O2/c1-10-8-13(16-14(3)6-7-14)5-4-12(10)9-11(2)15/h4-5,8H,6-7,9H2,1-3H3. The van der Waals surface area contributed by atoms with E-state index in [0.29, 0.717) is 6.42 Å². The molecule has 1 aromatic carbocycles. The van der Waals surface area contributed by atoms with Crippen molar-refractivity contribution < 1.29 is 9.53 Å². The quantitative estimate of drug-likeness (QED) is 0.776. The molecule has 86 valence electrons. The number of rotatable bonds is 4. The normalized spacial score (nSPS) is 16.9. The molecule has 1 aromatic rings. The van der Waals surface area contributed by atoms with Crippen LogP contribution in [0.15, 0.2) is 18.2 Å². The van der Waals surface area contributed by atoms with Crippen molar-refractivity contribution >= 4 is 5.78 Å². The van der Waals surface area contributed by atoms with Crippen molar-refractivity contribution in [3.63, 3.8) is 0 Å². The highest BCUT2D eigenvalue weighted by Crippen LogP contribution is 2.39. The molecular weight excluding hydrogens is 200 g/mol. The van der Waals surface area contributed by atoms with E-state index >= 15 is 0 Å². The van der Waals surface area contributed by atoms with Crippen LogP contribution in [0.4, 0.5) is 0 Å². The second-order valence-corrected chi connectivity index (χ2v) is 5.02. The van der Waals surface area contributed by atoms with Gasteiger partial charge in [0.05, 0.1) is 0 Å². The molecule has 0 heterocycles. The molecule has 0 amide bonds. The molecule has 0 unspecified atom stereocenters. The molecule has 1 aliphatic carbocycles. The van der Waals surface area contributed by atoms with Crippen LogP contribution >= 0.6 is 0 Å². The van der Waals surface area contributed by atoms with Gasteiger partial charge in [0, 0.05) is 6.42 Å². The van der Waals surface area contributed by atoms with E-state index in [-0.39, 0.29) is 11.4 Å². The zero-order valence-corrected chi connectivity index (χ0v) is 10.2. The minimum atomic E-state index is 0.0640. The predicted octanol–water partition coefficient (Wildman–Crippen LogP) is 3.06. The van der Waals surface area contributed by atoms with Gasteiger partial charge in [-0.3, -0.25) is 4.79 Å². The summed E-state index contributed by atoms with van der Waals surface area (Å²) in [5, 5.41) is 0. The Morgan fingerprint density at radius 3 is 2.62 bits per heavy atom.